The number of esters is 1. The molecule has 0 aliphatic rings. The van der Waals surface area contributed by atoms with Crippen molar-refractivity contribution in [1.82, 2.24) is 15.0 Å². The van der Waals surface area contributed by atoms with Crippen molar-refractivity contribution in [3.05, 3.63) is 46.8 Å². The molecule has 2 aromatic rings. The molecule has 8 heteroatoms. The second-order valence-corrected chi connectivity index (χ2v) is 4.35. The number of carbonyl (C=O) groups is 1. The Morgan fingerprint density at radius 3 is 2.57 bits per heavy atom. The van der Waals surface area contributed by atoms with E-state index in [-0.39, 0.29) is 18.8 Å². The Labute approximate surface area is 119 Å². The fourth-order valence-electron chi connectivity index (χ4n) is 1.97. The lowest BCUT2D eigenvalue weighted by Gasteiger charge is -2.07. The molecule has 0 unspecified atom stereocenters. The van der Waals surface area contributed by atoms with Gasteiger partial charge in [0, 0.05) is 12.5 Å². The number of hydrogen-bond donors (Lipinski definition) is 1. The molecule has 0 aliphatic carbocycles. The number of ether oxygens (including phenoxy) is 1. The summed E-state index contributed by atoms with van der Waals surface area (Å²) >= 11 is 0. The van der Waals surface area contributed by atoms with Gasteiger partial charge in [-0.05, 0) is 24.2 Å². The Morgan fingerprint density at radius 1 is 1.33 bits per heavy atom. The quantitative estimate of drug-likeness (QED) is 0.829. The minimum atomic E-state index is -0.682. The normalized spacial score (nSPS) is 10.7. The Balaban J connectivity index is 2.35. The van der Waals surface area contributed by atoms with Crippen molar-refractivity contribution in [2.75, 3.05) is 13.7 Å². The molecule has 2 rings (SSSR count). The van der Waals surface area contributed by atoms with Crippen LogP contribution >= 0.6 is 0 Å². The zero-order valence-electron chi connectivity index (χ0n) is 11.3. The minimum Gasteiger partial charge on any atom is -0.464 e. The molecule has 1 aromatic heterocycles. The van der Waals surface area contributed by atoms with E-state index in [0.717, 1.165) is 6.07 Å². The van der Waals surface area contributed by atoms with Crippen LogP contribution in [0.5, 0.6) is 0 Å². The summed E-state index contributed by atoms with van der Waals surface area (Å²) in [5.41, 5.74) is 6.39. The molecule has 0 spiro atoms. The van der Waals surface area contributed by atoms with Crippen molar-refractivity contribution in [3.63, 3.8) is 0 Å². The van der Waals surface area contributed by atoms with E-state index in [1.807, 2.05) is 0 Å². The van der Waals surface area contributed by atoms with Crippen LogP contribution in [-0.4, -0.2) is 34.6 Å². The van der Waals surface area contributed by atoms with Gasteiger partial charge in [0.25, 0.3) is 0 Å². The van der Waals surface area contributed by atoms with Gasteiger partial charge in [0.05, 0.1) is 19.3 Å². The Bertz CT molecular complexity index is 637. The van der Waals surface area contributed by atoms with Crippen LogP contribution in [0.4, 0.5) is 8.78 Å². The van der Waals surface area contributed by atoms with Crippen LogP contribution in [0.25, 0.3) is 0 Å². The average molecular weight is 296 g/mol. The molecule has 0 bridgehead atoms. The van der Waals surface area contributed by atoms with Crippen LogP contribution < -0.4 is 5.73 Å². The van der Waals surface area contributed by atoms with E-state index >= 15 is 0 Å². The summed E-state index contributed by atoms with van der Waals surface area (Å²) in [5.74, 6) is -1.99. The molecular formula is C13H14F2N4O2. The third-order valence-corrected chi connectivity index (χ3v) is 2.85. The monoisotopic (exact) mass is 296 g/mol. The number of rotatable bonds is 5. The first-order chi connectivity index (χ1) is 10.0. The molecule has 0 fully saturated rings. The van der Waals surface area contributed by atoms with Crippen LogP contribution in [0, 0.1) is 11.6 Å². The molecule has 0 atom stereocenters. The van der Waals surface area contributed by atoms with Crippen LogP contribution in [-0.2, 0) is 17.7 Å². The van der Waals surface area contributed by atoms with Gasteiger partial charge in [-0.15, -0.1) is 5.10 Å². The molecule has 1 heterocycles. The van der Waals surface area contributed by atoms with E-state index in [1.165, 1.54) is 23.9 Å². The van der Waals surface area contributed by atoms with E-state index < -0.39 is 17.6 Å². The summed E-state index contributed by atoms with van der Waals surface area (Å²) in [7, 11) is 1.23. The van der Waals surface area contributed by atoms with Gasteiger partial charge in [0.2, 0.25) is 0 Å². The molecule has 2 N–H and O–H groups in total. The van der Waals surface area contributed by atoms with E-state index in [9.17, 15) is 13.6 Å². The van der Waals surface area contributed by atoms with E-state index in [1.54, 1.807) is 0 Å². The summed E-state index contributed by atoms with van der Waals surface area (Å²) in [6, 6.07) is 3.16. The number of carbonyl (C=O) groups excluding carboxylic acids is 1. The highest BCUT2D eigenvalue weighted by atomic mass is 19.1. The van der Waals surface area contributed by atoms with Gasteiger partial charge < -0.3 is 10.5 Å². The highest BCUT2D eigenvalue weighted by Crippen LogP contribution is 2.13. The largest absolute Gasteiger partial charge is 0.464 e. The zero-order valence-corrected chi connectivity index (χ0v) is 11.3. The minimum absolute atomic E-state index is 0.0554. The standard InChI is InChI=1S/C13H14F2N4O2/c1-21-13(20)12-11(2-3-16)19(18-17-12)7-8-4-9(14)6-10(15)5-8/h4-6H,2-3,7,16H2,1H3. The van der Waals surface area contributed by atoms with Crippen LogP contribution in [0.1, 0.15) is 21.7 Å². The van der Waals surface area contributed by atoms with E-state index in [0.29, 0.717) is 17.7 Å². The first kappa shape index (κ1) is 15.0. The molecule has 0 saturated heterocycles. The van der Waals surface area contributed by atoms with Crippen LogP contribution in [0.2, 0.25) is 0 Å². The highest BCUT2D eigenvalue weighted by molar-refractivity contribution is 5.88. The predicted octanol–water partition coefficient (Wildman–Crippen LogP) is 0.892. The molecule has 6 nitrogen and oxygen atoms in total. The predicted molar refractivity (Wildman–Crippen MR) is 69.6 cm³/mol. The number of halogens is 2. The summed E-state index contributed by atoms with van der Waals surface area (Å²) in [4.78, 5) is 11.6. The first-order valence-electron chi connectivity index (χ1n) is 6.21. The number of nitrogens with two attached hydrogens (primary N) is 1. The smallest absolute Gasteiger partial charge is 0.360 e. The molecular weight excluding hydrogens is 282 g/mol. The number of methoxy groups -OCH3 is 1. The molecule has 0 radical (unpaired) electrons. The van der Waals surface area contributed by atoms with E-state index in [4.69, 9.17) is 5.73 Å². The summed E-state index contributed by atoms with van der Waals surface area (Å²) < 4.78 is 32.4. The maximum Gasteiger partial charge on any atom is 0.360 e. The molecule has 0 aliphatic heterocycles. The van der Waals surface area contributed by atoms with Gasteiger partial charge in [-0.3, -0.25) is 0 Å². The molecule has 0 amide bonds. The third kappa shape index (κ3) is 3.40. The van der Waals surface area contributed by atoms with Crippen LogP contribution in [0.3, 0.4) is 0 Å². The lowest BCUT2D eigenvalue weighted by Crippen LogP contribution is -2.15. The summed E-state index contributed by atoms with van der Waals surface area (Å²) in [5, 5.41) is 7.57. The van der Waals surface area contributed by atoms with Crippen molar-refractivity contribution in [1.29, 1.82) is 0 Å². The number of nitrogens with zero attached hydrogens (tertiary/aromatic N) is 3. The van der Waals surface area contributed by atoms with Crippen molar-refractivity contribution in [2.24, 2.45) is 5.73 Å². The maximum absolute atomic E-state index is 13.2. The van der Waals surface area contributed by atoms with Crippen molar-refractivity contribution >= 4 is 5.97 Å². The van der Waals surface area contributed by atoms with Gasteiger partial charge in [-0.2, -0.15) is 0 Å². The fourth-order valence-corrected chi connectivity index (χ4v) is 1.97. The number of aromatic nitrogens is 3. The van der Waals surface area contributed by atoms with Gasteiger partial charge >= 0.3 is 5.97 Å². The SMILES string of the molecule is COC(=O)c1nnn(Cc2cc(F)cc(F)c2)c1CCN. The maximum atomic E-state index is 13.2. The fraction of sp³-hybridized carbons (Fsp3) is 0.308. The lowest BCUT2D eigenvalue weighted by atomic mass is 10.2. The average Bonchev–Trinajstić information content (AvgIpc) is 2.80. The molecule has 0 saturated carbocycles. The second-order valence-electron chi connectivity index (χ2n) is 4.35. The molecule has 112 valence electrons. The summed E-state index contributed by atoms with van der Waals surface area (Å²) in [6.45, 7) is 0.350. The van der Waals surface area contributed by atoms with Gasteiger partial charge in [-0.25, -0.2) is 18.3 Å². The Morgan fingerprint density at radius 2 is 2.00 bits per heavy atom. The Kier molecular flexibility index (Phi) is 4.59. The molecule has 21 heavy (non-hydrogen) atoms. The topological polar surface area (TPSA) is 83.0 Å². The first-order valence-corrected chi connectivity index (χ1v) is 6.21. The van der Waals surface area contributed by atoms with E-state index in [2.05, 4.69) is 15.0 Å². The lowest BCUT2D eigenvalue weighted by molar-refractivity contribution is 0.0592. The number of hydrogen-bond acceptors (Lipinski definition) is 5. The van der Waals surface area contributed by atoms with Crippen molar-refractivity contribution < 1.29 is 18.3 Å². The van der Waals surface area contributed by atoms with Crippen LogP contribution in [0.15, 0.2) is 18.2 Å². The van der Waals surface area contributed by atoms with Gasteiger partial charge in [0.15, 0.2) is 5.69 Å². The highest BCUT2D eigenvalue weighted by Gasteiger charge is 2.20. The van der Waals surface area contributed by atoms with Gasteiger partial charge in [0.1, 0.15) is 11.6 Å². The second kappa shape index (κ2) is 6.40. The zero-order chi connectivity index (χ0) is 15.4. The Hall–Kier alpha value is -2.35. The number of benzene rings is 1. The van der Waals surface area contributed by atoms with Crippen molar-refractivity contribution in [2.45, 2.75) is 13.0 Å². The summed E-state index contributed by atoms with van der Waals surface area (Å²) in [6.07, 6.45) is 0.342. The van der Waals surface area contributed by atoms with Gasteiger partial charge in [-0.1, -0.05) is 5.21 Å². The third-order valence-electron chi connectivity index (χ3n) is 2.85. The molecule has 1 aromatic carbocycles. The van der Waals surface area contributed by atoms with Crippen molar-refractivity contribution in [3.8, 4) is 0 Å².